The van der Waals surface area contributed by atoms with E-state index in [9.17, 15) is 9.59 Å². The Balaban J connectivity index is 2.01. The predicted molar refractivity (Wildman–Crippen MR) is 90.4 cm³/mol. The largest absolute Gasteiger partial charge is 0.491 e. The summed E-state index contributed by atoms with van der Waals surface area (Å²) in [6.45, 7) is 3.80. The van der Waals surface area contributed by atoms with Crippen molar-refractivity contribution in [2.75, 3.05) is 5.32 Å². The first-order valence-corrected chi connectivity index (χ1v) is 7.50. The minimum Gasteiger partial charge on any atom is -0.491 e. The quantitative estimate of drug-likeness (QED) is 0.745. The Morgan fingerprint density at radius 2 is 2.04 bits per heavy atom. The van der Waals surface area contributed by atoms with Crippen molar-refractivity contribution in [1.29, 1.82) is 0 Å². The van der Waals surface area contributed by atoms with Gasteiger partial charge in [-0.1, -0.05) is 6.07 Å². The van der Waals surface area contributed by atoms with Crippen molar-refractivity contribution in [1.82, 2.24) is 4.98 Å². The molecule has 0 aliphatic carbocycles. The highest BCUT2D eigenvalue weighted by atomic mass is 16.5. The van der Waals surface area contributed by atoms with Crippen molar-refractivity contribution < 1.29 is 13.9 Å². The van der Waals surface area contributed by atoms with Gasteiger partial charge in [0.1, 0.15) is 17.2 Å². The van der Waals surface area contributed by atoms with Gasteiger partial charge in [0.25, 0.3) is 5.91 Å². The van der Waals surface area contributed by atoms with Crippen molar-refractivity contribution in [3.8, 4) is 5.75 Å². The van der Waals surface area contributed by atoms with E-state index >= 15 is 0 Å². The lowest BCUT2D eigenvalue weighted by Gasteiger charge is -2.11. The fourth-order valence-electron chi connectivity index (χ4n) is 2.30. The van der Waals surface area contributed by atoms with Gasteiger partial charge in [0.2, 0.25) is 0 Å². The van der Waals surface area contributed by atoms with Crippen LogP contribution in [0.15, 0.2) is 57.9 Å². The van der Waals surface area contributed by atoms with Crippen LogP contribution in [-0.4, -0.2) is 17.0 Å². The minimum atomic E-state index is -0.602. The van der Waals surface area contributed by atoms with E-state index in [4.69, 9.17) is 9.15 Å². The predicted octanol–water partition coefficient (Wildman–Crippen LogP) is 3.23. The molecule has 6 heteroatoms. The number of nitrogens with one attached hydrogen (secondary N) is 1. The summed E-state index contributed by atoms with van der Waals surface area (Å²) in [6.07, 6.45) is 1.56. The lowest BCUT2D eigenvalue weighted by atomic mass is 10.1. The number of fused-ring (bicyclic) bond motifs is 1. The SMILES string of the molecule is CC(C)Oc1ccc2c(C(=O)Nc3ccccn3)cc(=O)oc2c1. The van der Waals surface area contributed by atoms with Crippen molar-refractivity contribution in [2.24, 2.45) is 0 Å². The zero-order valence-corrected chi connectivity index (χ0v) is 13.3. The maximum Gasteiger partial charge on any atom is 0.337 e. The Morgan fingerprint density at radius 3 is 2.75 bits per heavy atom. The van der Waals surface area contributed by atoms with E-state index < -0.39 is 11.5 Å². The van der Waals surface area contributed by atoms with Crippen molar-refractivity contribution in [3.63, 3.8) is 0 Å². The van der Waals surface area contributed by atoms with Crippen LogP contribution in [0.5, 0.6) is 5.75 Å². The fourth-order valence-corrected chi connectivity index (χ4v) is 2.30. The summed E-state index contributed by atoms with van der Waals surface area (Å²) in [5, 5.41) is 3.19. The number of amides is 1. The summed E-state index contributed by atoms with van der Waals surface area (Å²) in [5.41, 5.74) is -0.0785. The van der Waals surface area contributed by atoms with E-state index in [0.29, 0.717) is 22.5 Å². The smallest absolute Gasteiger partial charge is 0.337 e. The van der Waals surface area contributed by atoms with Gasteiger partial charge in [-0.15, -0.1) is 0 Å². The zero-order valence-electron chi connectivity index (χ0n) is 13.3. The molecule has 122 valence electrons. The second kappa shape index (κ2) is 6.54. The first-order valence-electron chi connectivity index (χ1n) is 7.50. The third kappa shape index (κ3) is 3.43. The van der Waals surface area contributed by atoms with Crippen LogP contribution in [0.1, 0.15) is 24.2 Å². The molecular formula is C18H16N2O4. The van der Waals surface area contributed by atoms with Crippen LogP contribution in [-0.2, 0) is 0 Å². The molecule has 0 atom stereocenters. The topological polar surface area (TPSA) is 81.4 Å². The van der Waals surface area contributed by atoms with Gasteiger partial charge in [0.05, 0.1) is 11.7 Å². The van der Waals surface area contributed by atoms with Crippen LogP contribution in [0.3, 0.4) is 0 Å². The lowest BCUT2D eigenvalue weighted by Crippen LogP contribution is -2.16. The van der Waals surface area contributed by atoms with Gasteiger partial charge in [-0.2, -0.15) is 0 Å². The number of benzene rings is 1. The standard InChI is InChI=1S/C18H16N2O4/c1-11(2)23-12-6-7-13-14(10-17(21)24-15(13)9-12)18(22)20-16-5-3-4-8-19-16/h3-11H,1-2H3,(H,19,20,22). The molecule has 0 bridgehead atoms. The molecule has 6 nitrogen and oxygen atoms in total. The molecule has 0 unspecified atom stereocenters. The highest BCUT2D eigenvalue weighted by molar-refractivity contribution is 6.11. The van der Waals surface area contributed by atoms with Crippen LogP contribution >= 0.6 is 0 Å². The maximum absolute atomic E-state index is 12.5. The van der Waals surface area contributed by atoms with E-state index in [-0.39, 0.29) is 11.7 Å². The van der Waals surface area contributed by atoms with Gasteiger partial charge in [0.15, 0.2) is 0 Å². The number of anilines is 1. The molecule has 0 saturated carbocycles. The third-order valence-corrected chi connectivity index (χ3v) is 3.24. The molecule has 2 aromatic heterocycles. The number of aromatic nitrogens is 1. The Morgan fingerprint density at radius 1 is 1.21 bits per heavy atom. The Kier molecular flexibility index (Phi) is 4.29. The molecule has 2 heterocycles. The van der Waals surface area contributed by atoms with Crippen LogP contribution < -0.4 is 15.7 Å². The van der Waals surface area contributed by atoms with Crippen LogP contribution in [0.2, 0.25) is 0 Å². The average molecular weight is 324 g/mol. The molecule has 0 aliphatic heterocycles. The zero-order chi connectivity index (χ0) is 17.1. The van der Waals surface area contributed by atoms with E-state index in [1.165, 1.54) is 6.07 Å². The second-order valence-electron chi connectivity index (χ2n) is 5.47. The van der Waals surface area contributed by atoms with Gasteiger partial charge >= 0.3 is 5.63 Å². The first kappa shape index (κ1) is 15.7. The van der Waals surface area contributed by atoms with E-state index in [2.05, 4.69) is 10.3 Å². The molecule has 0 fully saturated rings. The molecular weight excluding hydrogens is 308 g/mol. The van der Waals surface area contributed by atoms with Gasteiger partial charge in [-0.05, 0) is 38.1 Å². The summed E-state index contributed by atoms with van der Waals surface area (Å²) in [6, 6.07) is 11.4. The second-order valence-corrected chi connectivity index (χ2v) is 5.47. The average Bonchev–Trinajstić information content (AvgIpc) is 2.54. The normalized spacial score (nSPS) is 10.8. The molecule has 1 aromatic carbocycles. The first-order chi connectivity index (χ1) is 11.5. The van der Waals surface area contributed by atoms with Gasteiger partial charge in [0, 0.05) is 23.7 Å². The summed E-state index contributed by atoms with van der Waals surface area (Å²) in [4.78, 5) is 28.3. The summed E-state index contributed by atoms with van der Waals surface area (Å²) in [7, 11) is 0. The molecule has 0 saturated heterocycles. The minimum absolute atomic E-state index is 0.00944. The summed E-state index contributed by atoms with van der Waals surface area (Å²) in [5.74, 6) is 0.552. The van der Waals surface area contributed by atoms with Gasteiger partial charge < -0.3 is 14.5 Å². The lowest BCUT2D eigenvalue weighted by molar-refractivity contribution is 0.102. The molecule has 3 rings (SSSR count). The number of hydrogen-bond donors (Lipinski definition) is 1. The molecule has 0 radical (unpaired) electrons. The number of nitrogens with zero attached hydrogens (tertiary/aromatic N) is 1. The molecule has 0 spiro atoms. The Hall–Kier alpha value is -3.15. The fraction of sp³-hybridized carbons (Fsp3) is 0.167. The summed E-state index contributed by atoms with van der Waals surface area (Å²) >= 11 is 0. The molecule has 3 aromatic rings. The molecule has 1 amide bonds. The van der Waals surface area contributed by atoms with Crippen molar-refractivity contribution >= 4 is 22.7 Å². The van der Waals surface area contributed by atoms with E-state index in [1.807, 2.05) is 13.8 Å². The summed E-state index contributed by atoms with van der Waals surface area (Å²) < 4.78 is 10.8. The number of carbonyl (C=O) groups excluding carboxylic acids is 1. The number of hydrogen-bond acceptors (Lipinski definition) is 5. The Labute approximate surface area is 138 Å². The van der Waals surface area contributed by atoms with Crippen LogP contribution in [0.4, 0.5) is 5.82 Å². The van der Waals surface area contributed by atoms with E-state index in [1.54, 1.807) is 42.6 Å². The number of ether oxygens (including phenoxy) is 1. The van der Waals surface area contributed by atoms with Crippen molar-refractivity contribution in [2.45, 2.75) is 20.0 Å². The highest BCUT2D eigenvalue weighted by Gasteiger charge is 2.14. The van der Waals surface area contributed by atoms with Gasteiger partial charge in [-0.3, -0.25) is 4.79 Å². The maximum atomic E-state index is 12.5. The monoisotopic (exact) mass is 324 g/mol. The van der Waals surface area contributed by atoms with Crippen LogP contribution in [0, 0.1) is 0 Å². The number of pyridine rings is 1. The number of carbonyl (C=O) groups is 1. The van der Waals surface area contributed by atoms with Crippen LogP contribution in [0.25, 0.3) is 11.0 Å². The van der Waals surface area contributed by atoms with Gasteiger partial charge in [-0.25, -0.2) is 9.78 Å². The molecule has 0 aliphatic rings. The molecule has 24 heavy (non-hydrogen) atoms. The highest BCUT2D eigenvalue weighted by Crippen LogP contribution is 2.24. The number of rotatable bonds is 4. The molecule has 1 N–H and O–H groups in total. The Bertz CT molecular complexity index is 933. The third-order valence-electron chi connectivity index (χ3n) is 3.24. The van der Waals surface area contributed by atoms with E-state index in [0.717, 1.165) is 0 Å². The van der Waals surface area contributed by atoms with Crippen molar-refractivity contribution in [3.05, 3.63) is 64.6 Å².